The van der Waals surface area contributed by atoms with Gasteiger partial charge in [0.25, 0.3) is 0 Å². The van der Waals surface area contributed by atoms with Gasteiger partial charge in [-0.05, 0) is 42.2 Å². The minimum absolute atomic E-state index is 0.0239. The van der Waals surface area contributed by atoms with Crippen molar-refractivity contribution in [2.45, 2.75) is 63.5 Å². The van der Waals surface area contributed by atoms with Crippen LogP contribution in [0.4, 0.5) is 19.0 Å². The molecule has 1 aliphatic heterocycles. The summed E-state index contributed by atoms with van der Waals surface area (Å²) in [6.45, 7) is 3.16. The number of imidazole rings is 1. The lowest BCUT2D eigenvalue weighted by Crippen LogP contribution is -2.44. The number of carbonyl (C=O) groups is 1. The number of fused-ring (bicyclic) bond motifs is 1. The number of aromatic nitrogens is 4. The van der Waals surface area contributed by atoms with Crippen LogP contribution in [0, 0.1) is 36.0 Å². The molecule has 1 unspecified atom stereocenters. The van der Waals surface area contributed by atoms with Crippen LogP contribution in [0.15, 0.2) is 54.9 Å². The fourth-order valence-electron chi connectivity index (χ4n) is 5.40. The van der Waals surface area contributed by atoms with E-state index in [0.29, 0.717) is 6.07 Å². The van der Waals surface area contributed by atoms with Gasteiger partial charge in [0.1, 0.15) is 42.4 Å². The third-order valence-electron chi connectivity index (χ3n) is 8.28. The molecule has 0 bridgehead atoms. The van der Waals surface area contributed by atoms with Crippen molar-refractivity contribution in [1.29, 1.82) is 0 Å². The second kappa shape index (κ2) is 15.6. The molecular weight excluding hydrogens is 680 g/mol. The van der Waals surface area contributed by atoms with Crippen LogP contribution in [0.2, 0.25) is 0 Å². The van der Waals surface area contributed by atoms with E-state index in [1.807, 2.05) is 13.8 Å². The van der Waals surface area contributed by atoms with E-state index in [1.54, 1.807) is 18.2 Å². The van der Waals surface area contributed by atoms with Crippen LogP contribution in [0.25, 0.3) is 11.2 Å². The van der Waals surface area contributed by atoms with Crippen LogP contribution >= 0.6 is 7.75 Å². The highest BCUT2D eigenvalue weighted by molar-refractivity contribution is 7.52. The van der Waals surface area contributed by atoms with Gasteiger partial charge < -0.3 is 24.8 Å². The molecule has 1 saturated heterocycles. The zero-order valence-corrected chi connectivity index (χ0v) is 28.1. The Hall–Kier alpha value is -4.52. The first-order valence-corrected chi connectivity index (χ1v) is 17.3. The van der Waals surface area contributed by atoms with Crippen molar-refractivity contribution in [3.8, 4) is 18.1 Å². The topological polar surface area (TPSA) is 173 Å². The SMILES string of the molecule is C#C[C@]1(COP(=O)(N[C@@H](Cc2cc(F)cc(F)c2)C(=O)OCC(CC)CC)Oc2ccccc2)O[C@@H](n2cnc3c(N)nc(F)nc32)C[C@@H]1O. The molecule has 13 nitrogen and oxygen atoms in total. The fourth-order valence-corrected chi connectivity index (χ4v) is 6.92. The number of aliphatic hydroxyl groups excluding tert-OH is 1. The Morgan fingerprint density at radius 1 is 1.20 bits per heavy atom. The molecule has 17 heteroatoms. The first-order valence-electron chi connectivity index (χ1n) is 15.7. The molecule has 266 valence electrons. The van der Waals surface area contributed by atoms with E-state index in [9.17, 15) is 27.6 Å². The van der Waals surface area contributed by atoms with Gasteiger partial charge >= 0.3 is 19.8 Å². The number of esters is 1. The maximum atomic E-state index is 14.5. The number of para-hydroxylation sites is 1. The Morgan fingerprint density at radius 3 is 2.56 bits per heavy atom. The summed E-state index contributed by atoms with van der Waals surface area (Å²) < 4.78 is 81.4. The number of carbonyl (C=O) groups excluding carboxylic acids is 1. The summed E-state index contributed by atoms with van der Waals surface area (Å²) in [5.41, 5.74) is 3.94. The van der Waals surface area contributed by atoms with Crippen LogP contribution in [0.5, 0.6) is 5.75 Å². The molecule has 1 aliphatic rings. The van der Waals surface area contributed by atoms with E-state index in [0.717, 1.165) is 25.0 Å². The number of hydrogen-bond acceptors (Lipinski definition) is 11. The summed E-state index contributed by atoms with van der Waals surface area (Å²) in [6, 6.07) is 9.06. The molecule has 3 heterocycles. The van der Waals surface area contributed by atoms with Crippen LogP contribution in [-0.4, -0.2) is 61.6 Å². The number of ether oxygens (including phenoxy) is 2. The number of anilines is 1. The minimum atomic E-state index is -4.67. The predicted octanol–water partition coefficient (Wildman–Crippen LogP) is 4.86. The molecule has 0 spiro atoms. The molecule has 5 atom stereocenters. The number of nitrogen functional groups attached to an aromatic ring is 1. The fraction of sp³-hybridized carbons (Fsp3) is 0.394. The van der Waals surface area contributed by atoms with Gasteiger partial charge in [-0.2, -0.15) is 19.4 Å². The third-order valence-corrected chi connectivity index (χ3v) is 9.83. The zero-order chi connectivity index (χ0) is 36.1. The maximum Gasteiger partial charge on any atom is 0.459 e. The normalized spacial score (nSPS) is 20.8. The predicted molar refractivity (Wildman–Crippen MR) is 175 cm³/mol. The average molecular weight is 717 g/mol. The highest BCUT2D eigenvalue weighted by atomic mass is 31.2. The molecule has 50 heavy (non-hydrogen) atoms. The molecule has 2 aromatic heterocycles. The zero-order valence-electron chi connectivity index (χ0n) is 27.2. The number of halogens is 3. The van der Waals surface area contributed by atoms with E-state index in [-0.39, 0.29) is 53.7 Å². The van der Waals surface area contributed by atoms with Crippen molar-refractivity contribution in [2.75, 3.05) is 18.9 Å². The van der Waals surface area contributed by atoms with Gasteiger partial charge in [-0.3, -0.25) is 13.9 Å². The van der Waals surface area contributed by atoms with Crippen molar-refractivity contribution >= 4 is 30.7 Å². The lowest BCUT2D eigenvalue weighted by Gasteiger charge is -2.30. The van der Waals surface area contributed by atoms with Gasteiger partial charge in [-0.1, -0.05) is 50.8 Å². The molecule has 0 aliphatic carbocycles. The second-order valence-electron chi connectivity index (χ2n) is 11.7. The summed E-state index contributed by atoms with van der Waals surface area (Å²) in [4.78, 5) is 24.8. The number of aliphatic hydroxyl groups is 1. The highest BCUT2D eigenvalue weighted by Crippen LogP contribution is 2.48. The van der Waals surface area contributed by atoms with E-state index in [1.165, 1.54) is 23.0 Å². The Kier molecular flexibility index (Phi) is 11.4. The molecule has 4 N–H and O–H groups in total. The Bertz CT molecular complexity index is 1890. The molecule has 2 aromatic carbocycles. The number of benzene rings is 2. The number of nitrogens with zero attached hydrogens (tertiary/aromatic N) is 4. The third kappa shape index (κ3) is 8.43. The summed E-state index contributed by atoms with van der Waals surface area (Å²) >= 11 is 0. The van der Waals surface area contributed by atoms with Crippen molar-refractivity contribution in [3.63, 3.8) is 0 Å². The number of hydrogen-bond donors (Lipinski definition) is 3. The highest BCUT2D eigenvalue weighted by Gasteiger charge is 2.50. The van der Waals surface area contributed by atoms with Crippen molar-refractivity contribution < 1.29 is 46.2 Å². The van der Waals surface area contributed by atoms with Gasteiger partial charge in [0.15, 0.2) is 22.6 Å². The smallest absolute Gasteiger partial charge is 0.459 e. The minimum Gasteiger partial charge on any atom is -0.464 e. The van der Waals surface area contributed by atoms with Crippen LogP contribution in [0.1, 0.15) is 44.9 Å². The molecule has 0 saturated carbocycles. The van der Waals surface area contributed by atoms with E-state index in [2.05, 4.69) is 26.0 Å². The van der Waals surface area contributed by atoms with E-state index < -0.39 is 62.0 Å². The monoisotopic (exact) mass is 716 g/mol. The molecule has 1 fully saturated rings. The first-order chi connectivity index (χ1) is 23.9. The number of rotatable bonds is 15. The van der Waals surface area contributed by atoms with Crippen LogP contribution in [0.3, 0.4) is 0 Å². The number of nitrogens with one attached hydrogen (secondary N) is 1. The average Bonchev–Trinajstić information content (AvgIpc) is 3.65. The quantitative estimate of drug-likeness (QED) is 0.0661. The molecule has 4 aromatic rings. The van der Waals surface area contributed by atoms with Crippen molar-refractivity contribution in [1.82, 2.24) is 24.6 Å². The Morgan fingerprint density at radius 2 is 1.90 bits per heavy atom. The first kappa shape index (κ1) is 36.8. The Labute approximate surface area is 285 Å². The van der Waals surface area contributed by atoms with Crippen molar-refractivity contribution in [3.05, 3.63) is 78.1 Å². The van der Waals surface area contributed by atoms with E-state index in [4.69, 9.17) is 30.7 Å². The second-order valence-corrected chi connectivity index (χ2v) is 13.4. The number of nitrogens with two attached hydrogens (primary N) is 1. The molecule has 0 radical (unpaired) electrons. The summed E-state index contributed by atoms with van der Waals surface area (Å²) in [7, 11) is -4.67. The molecule has 0 amide bonds. The molecule has 5 rings (SSSR count). The summed E-state index contributed by atoms with van der Waals surface area (Å²) in [6.07, 6.45) is 4.43. The van der Waals surface area contributed by atoms with Crippen LogP contribution < -0.4 is 15.3 Å². The largest absolute Gasteiger partial charge is 0.464 e. The van der Waals surface area contributed by atoms with Crippen LogP contribution in [-0.2, 0) is 29.8 Å². The van der Waals surface area contributed by atoms with Gasteiger partial charge in [-0.15, -0.1) is 6.42 Å². The van der Waals surface area contributed by atoms with Gasteiger partial charge in [-0.25, -0.2) is 18.3 Å². The number of terminal acetylenes is 1. The van der Waals surface area contributed by atoms with Gasteiger partial charge in [0, 0.05) is 12.5 Å². The summed E-state index contributed by atoms with van der Waals surface area (Å²) in [5.74, 6) is -0.409. The van der Waals surface area contributed by atoms with Gasteiger partial charge in [0.2, 0.25) is 0 Å². The Balaban J connectivity index is 1.43. The van der Waals surface area contributed by atoms with Gasteiger partial charge in [0.05, 0.1) is 12.9 Å². The van der Waals surface area contributed by atoms with Crippen molar-refractivity contribution in [2.24, 2.45) is 5.92 Å². The lowest BCUT2D eigenvalue weighted by atomic mass is 9.99. The lowest BCUT2D eigenvalue weighted by molar-refractivity contribution is -0.147. The maximum absolute atomic E-state index is 14.5. The standard InChI is InChI=1S/C33H36F3N6O7P/c1-4-20(5-2)17-46-31(44)25(14-21-12-22(34)15-23(35)13-21)41-50(45,49-24-10-8-7-9-11-24)47-18-33(6-3)26(43)16-27(48-33)42-19-38-28-29(37)39-32(36)40-30(28)42/h3,7-13,15,19-20,25-27,43H,4-5,14,16-18H2,1-2H3,(H,41,45)(H2,37,39,40)/t25-,26-,27+,33+,50?/m0/s1. The van der Waals surface area contributed by atoms with E-state index >= 15 is 0 Å². The summed E-state index contributed by atoms with van der Waals surface area (Å²) in [5, 5.41) is 13.7. The molecular formula is C33H36F3N6O7P.